The molecule has 0 saturated heterocycles. The van der Waals surface area contributed by atoms with Crippen LogP contribution in [-0.4, -0.2) is 41.5 Å². The van der Waals surface area contributed by atoms with Crippen molar-refractivity contribution in [3.8, 4) is 5.69 Å². The van der Waals surface area contributed by atoms with E-state index >= 15 is 0 Å². The quantitative estimate of drug-likeness (QED) is 0.565. The molecule has 9 heteroatoms. The molecule has 0 unspecified atom stereocenters. The number of nitrogens with one attached hydrogen (secondary N) is 1. The second kappa shape index (κ2) is 9.21. The van der Waals surface area contributed by atoms with Crippen LogP contribution in [-0.2, 0) is 10.0 Å². The second-order valence-electron chi connectivity index (χ2n) is 7.07. The summed E-state index contributed by atoms with van der Waals surface area (Å²) < 4.78 is 28.8. The number of carbonyl (C=O) groups is 1. The molecule has 1 amide bonds. The maximum Gasteiger partial charge on any atom is 0.255 e. The summed E-state index contributed by atoms with van der Waals surface area (Å²) in [6.45, 7) is 8.06. The van der Waals surface area contributed by atoms with Crippen LogP contribution in [0.4, 0.5) is 5.69 Å². The van der Waals surface area contributed by atoms with E-state index < -0.39 is 10.0 Å². The molecule has 1 aromatic heterocycles. The summed E-state index contributed by atoms with van der Waals surface area (Å²) in [5, 5.41) is 7.29. The molecule has 3 rings (SSSR count). The number of anilines is 1. The molecule has 1 N–H and O–H groups in total. The lowest BCUT2D eigenvalue weighted by atomic mass is 10.2. The van der Waals surface area contributed by atoms with Crippen molar-refractivity contribution in [1.29, 1.82) is 0 Å². The van der Waals surface area contributed by atoms with Gasteiger partial charge in [-0.1, -0.05) is 25.4 Å². The number of halogens is 1. The fraction of sp³-hybridized carbons (Fsp3) is 0.273. The largest absolute Gasteiger partial charge is 0.322 e. The van der Waals surface area contributed by atoms with Gasteiger partial charge in [0.05, 0.1) is 16.4 Å². The van der Waals surface area contributed by atoms with Gasteiger partial charge in [0, 0.05) is 30.0 Å². The number of carbonyl (C=O) groups excluding carboxylic acids is 1. The molecule has 31 heavy (non-hydrogen) atoms. The lowest BCUT2D eigenvalue weighted by Gasteiger charge is -2.19. The van der Waals surface area contributed by atoms with Crippen LogP contribution in [0.25, 0.3) is 5.69 Å². The molecule has 0 atom stereocenters. The number of amides is 1. The first-order valence-corrected chi connectivity index (χ1v) is 11.7. The summed E-state index contributed by atoms with van der Waals surface area (Å²) >= 11 is 6.16. The van der Waals surface area contributed by atoms with Gasteiger partial charge in [0.25, 0.3) is 5.91 Å². The summed E-state index contributed by atoms with van der Waals surface area (Å²) in [5.74, 6) is -0.353. The van der Waals surface area contributed by atoms with Gasteiger partial charge >= 0.3 is 0 Å². The number of hydrogen-bond donors (Lipinski definition) is 1. The normalized spacial score (nSPS) is 11.7. The van der Waals surface area contributed by atoms with Crippen LogP contribution >= 0.6 is 11.6 Å². The Balaban J connectivity index is 1.83. The van der Waals surface area contributed by atoms with E-state index in [-0.39, 0.29) is 15.8 Å². The maximum absolute atomic E-state index is 12.8. The van der Waals surface area contributed by atoms with E-state index in [4.69, 9.17) is 11.6 Å². The first-order chi connectivity index (χ1) is 14.7. The molecular formula is C22H25ClN4O3S. The molecule has 0 spiro atoms. The number of sulfonamides is 1. The zero-order valence-corrected chi connectivity index (χ0v) is 19.5. The number of aryl methyl sites for hydroxylation is 2. The van der Waals surface area contributed by atoms with Crippen molar-refractivity contribution in [2.24, 2.45) is 0 Å². The Hall–Kier alpha value is -2.68. The Labute approximate surface area is 187 Å². The number of hydrogen-bond acceptors (Lipinski definition) is 4. The molecule has 0 radical (unpaired) electrons. The van der Waals surface area contributed by atoms with Crippen molar-refractivity contribution in [1.82, 2.24) is 14.1 Å². The van der Waals surface area contributed by atoms with Gasteiger partial charge in [0.2, 0.25) is 10.0 Å². The highest BCUT2D eigenvalue weighted by atomic mass is 35.5. The Bertz CT molecular complexity index is 1200. The van der Waals surface area contributed by atoms with E-state index in [2.05, 4.69) is 10.4 Å². The Morgan fingerprint density at radius 1 is 1.06 bits per heavy atom. The first kappa shape index (κ1) is 23.0. The van der Waals surface area contributed by atoms with Crippen molar-refractivity contribution in [2.45, 2.75) is 32.6 Å². The van der Waals surface area contributed by atoms with Gasteiger partial charge in [0.15, 0.2) is 0 Å². The van der Waals surface area contributed by atoms with Gasteiger partial charge in [-0.15, -0.1) is 0 Å². The molecule has 2 aromatic carbocycles. The highest BCUT2D eigenvalue weighted by molar-refractivity contribution is 7.89. The van der Waals surface area contributed by atoms with Crippen LogP contribution in [0.2, 0.25) is 5.02 Å². The number of benzene rings is 2. The van der Waals surface area contributed by atoms with Crippen molar-refractivity contribution < 1.29 is 13.2 Å². The zero-order chi connectivity index (χ0) is 22.8. The fourth-order valence-corrected chi connectivity index (χ4v) is 5.29. The highest BCUT2D eigenvalue weighted by Crippen LogP contribution is 2.28. The van der Waals surface area contributed by atoms with Crippen LogP contribution in [0.1, 0.15) is 35.6 Å². The Morgan fingerprint density at radius 3 is 2.26 bits per heavy atom. The number of nitrogens with zero attached hydrogens (tertiary/aromatic N) is 3. The number of aromatic nitrogens is 2. The SMILES string of the molecule is CCN(CC)S(=O)(=O)c1cc(NC(=O)c2ccc(-n3nc(C)cc3C)cc2)ccc1Cl. The molecule has 0 aliphatic heterocycles. The summed E-state index contributed by atoms with van der Waals surface area (Å²) in [6, 6.07) is 13.4. The second-order valence-corrected chi connectivity index (χ2v) is 9.39. The van der Waals surface area contributed by atoms with Crippen LogP contribution in [0.5, 0.6) is 0 Å². The summed E-state index contributed by atoms with van der Waals surface area (Å²) in [6.07, 6.45) is 0. The lowest BCUT2D eigenvalue weighted by Crippen LogP contribution is -2.30. The maximum atomic E-state index is 12.8. The topological polar surface area (TPSA) is 84.3 Å². The molecule has 0 aliphatic rings. The van der Waals surface area contributed by atoms with Crippen LogP contribution in [0.3, 0.4) is 0 Å². The van der Waals surface area contributed by atoms with E-state index in [1.54, 1.807) is 36.7 Å². The molecule has 164 valence electrons. The molecule has 1 heterocycles. The van der Waals surface area contributed by atoms with E-state index in [0.29, 0.717) is 24.3 Å². The van der Waals surface area contributed by atoms with E-state index in [9.17, 15) is 13.2 Å². The minimum absolute atomic E-state index is 0.0319. The Morgan fingerprint density at radius 2 is 1.71 bits per heavy atom. The monoisotopic (exact) mass is 460 g/mol. The minimum atomic E-state index is -3.75. The first-order valence-electron chi connectivity index (χ1n) is 9.92. The predicted octanol–water partition coefficient (Wildman–Crippen LogP) is 4.43. The smallest absolute Gasteiger partial charge is 0.255 e. The standard InChI is InChI=1S/C22H25ClN4O3S/c1-5-26(6-2)31(29,30)21-14-18(9-12-20(21)23)24-22(28)17-7-10-19(11-8-17)27-16(4)13-15(3)25-27/h7-14H,5-6H2,1-4H3,(H,24,28). The summed E-state index contributed by atoms with van der Waals surface area (Å²) in [4.78, 5) is 12.7. The van der Waals surface area contributed by atoms with E-state index in [1.807, 2.05) is 32.0 Å². The Kier molecular flexibility index (Phi) is 6.83. The fourth-order valence-electron chi connectivity index (χ4n) is 3.33. The third-order valence-corrected chi connectivity index (χ3v) is 7.43. The van der Waals surface area contributed by atoms with Gasteiger partial charge in [-0.05, 0) is 62.4 Å². The van der Waals surface area contributed by atoms with Crippen molar-refractivity contribution in [3.05, 3.63) is 70.5 Å². The van der Waals surface area contributed by atoms with Gasteiger partial charge < -0.3 is 5.32 Å². The number of rotatable bonds is 7. The van der Waals surface area contributed by atoms with Crippen LogP contribution in [0.15, 0.2) is 53.4 Å². The average Bonchev–Trinajstić information content (AvgIpc) is 3.08. The van der Waals surface area contributed by atoms with Gasteiger partial charge in [-0.2, -0.15) is 9.40 Å². The van der Waals surface area contributed by atoms with Crippen molar-refractivity contribution in [3.63, 3.8) is 0 Å². The molecule has 0 aliphatic carbocycles. The highest BCUT2D eigenvalue weighted by Gasteiger charge is 2.25. The van der Waals surface area contributed by atoms with Crippen LogP contribution < -0.4 is 5.32 Å². The predicted molar refractivity (Wildman–Crippen MR) is 123 cm³/mol. The van der Waals surface area contributed by atoms with Crippen molar-refractivity contribution >= 4 is 33.2 Å². The third-order valence-electron chi connectivity index (χ3n) is 4.90. The molecule has 0 saturated carbocycles. The molecule has 0 fully saturated rings. The zero-order valence-electron chi connectivity index (χ0n) is 17.9. The van der Waals surface area contributed by atoms with E-state index in [1.165, 1.54) is 16.4 Å². The lowest BCUT2D eigenvalue weighted by molar-refractivity contribution is 0.102. The van der Waals surface area contributed by atoms with Crippen LogP contribution in [0, 0.1) is 13.8 Å². The third kappa shape index (κ3) is 4.81. The van der Waals surface area contributed by atoms with Gasteiger partial charge in [-0.3, -0.25) is 4.79 Å². The molecule has 7 nitrogen and oxygen atoms in total. The molecular weight excluding hydrogens is 436 g/mol. The van der Waals surface area contributed by atoms with Gasteiger partial charge in [0.1, 0.15) is 4.90 Å². The molecule has 3 aromatic rings. The average molecular weight is 461 g/mol. The van der Waals surface area contributed by atoms with Crippen molar-refractivity contribution in [2.75, 3.05) is 18.4 Å². The summed E-state index contributed by atoms with van der Waals surface area (Å²) in [7, 11) is -3.75. The molecule has 0 bridgehead atoms. The minimum Gasteiger partial charge on any atom is -0.322 e. The van der Waals surface area contributed by atoms with E-state index in [0.717, 1.165) is 17.1 Å². The summed E-state index contributed by atoms with van der Waals surface area (Å²) in [5.41, 5.74) is 3.55. The van der Waals surface area contributed by atoms with Gasteiger partial charge in [-0.25, -0.2) is 13.1 Å².